The molecule has 0 saturated carbocycles. The zero-order chi connectivity index (χ0) is 14.4. The Kier molecular flexibility index (Phi) is 4.82. The smallest absolute Gasteiger partial charge is 0.100 e. The lowest BCUT2D eigenvalue weighted by atomic mass is 10.1. The van der Waals surface area contributed by atoms with Crippen LogP contribution in [0.2, 0.25) is 0 Å². The minimum Gasteiger partial charge on any atom is -0.192 e. The van der Waals surface area contributed by atoms with Gasteiger partial charge in [0.15, 0.2) is 0 Å². The van der Waals surface area contributed by atoms with E-state index < -0.39 is 0 Å². The molecule has 2 nitrogen and oxygen atoms in total. The summed E-state index contributed by atoms with van der Waals surface area (Å²) in [6, 6.07) is 17.8. The van der Waals surface area contributed by atoms with Gasteiger partial charge in [0.25, 0.3) is 0 Å². The highest BCUT2D eigenvalue weighted by atomic mass is 32.2. The van der Waals surface area contributed by atoms with E-state index in [9.17, 15) is 0 Å². The number of nitrogens with zero attached hydrogens (tertiary/aromatic N) is 2. The molecule has 0 fully saturated rings. The van der Waals surface area contributed by atoms with Crippen LogP contribution in [0, 0.1) is 22.7 Å². The monoisotopic (exact) mass is 278 g/mol. The average Bonchev–Trinajstić information content (AvgIpc) is 2.49. The molecule has 0 unspecified atom stereocenters. The van der Waals surface area contributed by atoms with Crippen molar-refractivity contribution in [3.63, 3.8) is 0 Å². The van der Waals surface area contributed by atoms with Gasteiger partial charge < -0.3 is 0 Å². The number of benzene rings is 2. The molecule has 0 aliphatic carbocycles. The number of hydrogen-bond acceptors (Lipinski definition) is 3. The quantitative estimate of drug-likeness (QED) is 0.825. The largest absolute Gasteiger partial charge is 0.192 e. The summed E-state index contributed by atoms with van der Waals surface area (Å²) >= 11 is 1.52. The number of rotatable bonds is 4. The third kappa shape index (κ3) is 3.41. The van der Waals surface area contributed by atoms with E-state index in [1.807, 2.05) is 0 Å². The van der Waals surface area contributed by atoms with Crippen LogP contribution in [0.5, 0.6) is 0 Å². The highest BCUT2D eigenvalue weighted by Gasteiger charge is 2.06. The van der Waals surface area contributed by atoms with Crippen molar-refractivity contribution >= 4 is 11.8 Å². The first-order valence-corrected chi connectivity index (χ1v) is 7.29. The van der Waals surface area contributed by atoms with Crippen molar-refractivity contribution in [1.82, 2.24) is 0 Å². The van der Waals surface area contributed by atoms with Gasteiger partial charge in [-0.15, -0.1) is 0 Å². The Hall–Kier alpha value is -2.23. The van der Waals surface area contributed by atoms with Gasteiger partial charge in [0.05, 0.1) is 17.2 Å². The molecule has 0 N–H and O–H groups in total. The zero-order valence-electron chi connectivity index (χ0n) is 11.3. The Morgan fingerprint density at radius 3 is 2.35 bits per heavy atom. The van der Waals surface area contributed by atoms with Crippen molar-refractivity contribution < 1.29 is 0 Å². The summed E-state index contributed by atoms with van der Waals surface area (Å²) in [5.41, 5.74) is 2.50. The molecular weight excluding hydrogens is 264 g/mol. The van der Waals surface area contributed by atoms with Crippen LogP contribution in [-0.2, 0) is 6.42 Å². The van der Waals surface area contributed by atoms with Gasteiger partial charge in [-0.2, -0.15) is 10.5 Å². The molecule has 2 aromatic carbocycles. The molecule has 98 valence electrons. The van der Waals surface area contributed by atoms with E-state index in [2.05, 4.69) is 43.3 Å². The highest BCUT2D eigenvalue weighted by molar-refractivity contribution is 7.99. The predicted octanol–water partition coefficient (Wildman–Crippen LogP) is 4.53. The van der Waals surface area contributed by atoms with Crippen LogP contribution in [0.25, 0.3) is 0 Å². The molecule has 0 spiro atoms. The second-order valence-electron chi connectivity index (χ2n) is 4.43. The van der Waals surface area contributed by atoms with Crippen molar-refractivity contribution in [3.8, 4) is 12.1 Å². The van der Waals surface area contributed by atoms with Gasteiger partial charge in [-0.05, 0) is 42.3 Å². The first-order chi connectivity index (χ1) is 9.76. The van der Waals surface area contributed by atoms with Crippen molar-refractivity contribution in [2.24, 2.45) is 0 Å². The van der Waals surface area contributed by atoms with Crippen LogP contribution < -0.4 is 0 Å². The summed E-state index contributed by atoms with van der Waals surface area (Å²) in [6.45, 7) is 2.16. The third-order valence-electron chi connectivity index (χ3n) is 2.92. The summed E-state index contributed by atoms with van der Waals surface area (Å²) in [5.74, 6) is 0. The molecule has 20 heavy (non-hydrogen) atoms. The summed E-state index contributed by atoms with van der Waals surface area (Å²) in [6.07, 6.45) is 2.22. The number of aryl methyl sites for hydroxylation is 1. The van der Waals surface area contributed by atoms with Crippen LogP contribution in [0.3, 0.4) is 0 Å². The van der Waals surface area contributed by atoms with Gasteiger partial charge in [-0.3, -0.25) is 0 Å². The standard InChI is InChI=1S/C17H14N2S/c1-2-3-13-5-8-16(9-6-13)20-17-10-14(11-18)4-7-15(17)12-19/h4-10H,2-3H2,1H3. The molecule has 2 aromatic rings. The van der Waals surface area contributed by atoms with Crippen LogP contribution in [-0.4, -0.2) is 0 Å². The van der Waals surface area contributed by atoms with Crippen LogP contribution >= 0.6 is 11.8 Å². The predicted molar refractivity (Wildman–Crippen MR) is 80.4 cm³/mol. The zero-order valence-corrected chi connectivity index (χ0v) is 12.1. The lowest BCUT2D eigenvalue weighted by Crippen LogP contribution is -1.85. The minimum absolute atomic E-state index is 0.578. The molecule has 0 atom stereocenters. The minimum atomic E-state index is 0.578. The summed E-state index contributed by atoms with van der Waals surface area (Å²) in [5, 5.41) is 18.1. The summed E-state index contributed by atoms with van der Waals surface area (Å²) < 4.78 is 0. The molecule has 0 radical (unpaired) electrons. The Balaban J connectivity index is 2.25. The first kappa shape index (κ1) is 14.2. The van der Waals surface area contributed by atoms with E-state index in [0.29, 0.717) is 11.1 Å². The van der Waals surface area contributed by atoms with E-state index in [4.69, 9.17) is 10.5 Å². The van der Waals surface area contributed by atoms with E-state index in [1.165, 1.54) is 17.3 Å². The van der Waals surface area contributed by atoms with Gasteiger partial charge in [0.2, 0.25) is 0 Å². The van der Waals surface area contributed by atoms with E-state index in [0.717, 1.165) is 22.6 Å². The van der Waals surface area contributed by atoms with E-state index in [1.54, 1.807) is 18.2 Å². The Morgan fingerprint density at radius 2 is 1.75 bits per heavy atom. The lowest BCUT2D eigenvalue weighted by molar-refractivity contribution is 0.920. The van der Waals surface area contributed by atoms with Crippen molar-refractivity contribution in [3.05, 3.63) is 59.2 Å². The Labute approximate surface area is 123 Å². The second-order valence-corrected chi connectivity index (χ2v) is 5.55. The normalized spacial score (nSPS) is 9.75. The Bertz CT molecular complexity index is 676. The molecule has 0 saturated heterocycles. The fraction of sp³-hybridized carbons (Fsp3) is 0.176. The Morgan fingerprint density at radius 1 is 1.00 bits per heavy atom. The highest BCUT2D eigenvalue weighted by Crippen LogP contribution is 2.31. The molecule has 0 aliphatic rings. The van der Waals surface area contributed by atoms with Gasteiger partial charge >= 0.3 is 0 Å². The fourth-order valence-electron chi connectivity index (χ4n) is 1.91. The molecule has 0 aliphatic heterocycles. The summed E-state index contributed by atoms with van der Waals surface area (Å²) in [4.78, 5) is 1.91. The van der Waals surface area contributed by atoms with Crippen LogP contribution in [0.15, 0.2) is 52.3 Å². The molecule has 3 heteroatoms. The van der Waals surface area contributed by atoms with Crippen LogP contribution in [0.4, 0.5) is 0 Å². The van der Waals surface area contributed by atoms with Gasteiger partial charge in [-0.25, -0.2) is 0 Å². The van der Waals surface area contributed by atoms with Gasteiger partial charge in [0.1, 0.15) is 6.07 Å². The molecule has 0 amide bonds. The maximum atomic E-state index is 9.13. The van der Waals surface area contributed by atoms with Gasteiger partial charge in [-0.1, -0.05) is 37.2 Å². The summed E-state index contributed by atoms with van der Waals surface area (Å²) in [7, 11) is 0. The van der Waals surface area contributed by atoms with Gasteiger partial charge in [0, 0.05) is 9.79 Å². The SMILES string of the molecule is CCCc1ccc(Sc2cc(C#N)ccc2C#N)cc1. The molecule has 0 heterocycles. The van der Waals surface area contributed by atoms with Crippen LogP contribution in [0.1, 0.15) is 30.0 Å². The molecule has 0 bridgehead atoms. The molecular formula is C17H14N2S. The second kappa shape index (κ2) is 6.80. The van der Waals surface area contributed by atoms with E-state index >= 15 is 0 Å². The van der Waals surface area contributed by atoms with Crippen molar-refractivity contribution in [2.45, 2.75) is 29.6 Å². The number of nitriles is 2. The first-order valence-electron chi connectivity index (χ1n) is 6.48. The third-order valence-corrected chi connectivity index (χ3v) is 3.99. The maximum Gasteiger partial charge on any atom is 0.100 e. The maximum absolute atomic E-state index is 9.13. The average molecular weight is 278 g/mol. The van der Waals surface area contributed by atoms with Crippen molar-refractivity contribution in [2.75, 3.05) is 0 Å². The molecule has 0 aromatic heterocycles. The van der Waals surface area contributed by atoms with E-state index in [-0.39, 0.29) is 0 Å². The fourth-order valence-corrected chi connectivity index (χ4v) is 2.84. The lowest BCUT2D eigenvalue weighted by Gasteiger charge is -2.05. The molecule has 2 rings (SSSR count). The van der Waals surface area contributed by atoms with Crippen molar-refractivity contribution in [1.29, 1.82) is 10.5 Å². The topological polar surface area (TPSA) is 47.6 Å². The number of hydrogen-bond donors (Lipinski definition) is 0.